The molecule has 71 heavy (non-hydrogen) atoms. The third kappa shape index (κ3) is 53.7. The quantitative estimate of drug-likeness (QED) is 0.0308. The summed E-state index contributed by atoms with van der Waals surface area (Å²) in [6.07, 6.45) is 73.2. The molecule has 4 unspecified atom stereocenters. The molecule has 0 saturated heterocycles. The molecule has 6 heteroatoms. The molecule has 0 aliphatic heterocycles. The Labute approximate surface area is 444 Å². The fourth-order valence-corrected chi connectivity index (χ4v) is 10.6. The van der Waals surface area contributed by atoms with Crippen LogP contribution >= 0.6 is 0 Å². The first-order valence-electron chi connectivity index (χ1n) is 32.6. The van der Waals surface area contributed by atoms with Crippen molar-refractivity contribution in [1.82, 2.24) is 5.32 Å². The second-order valence-electron chi connectivity index (χ2n) is 22.8. The molecule has 0 aromatic heterocycles. The van der Waals surface area contributed by atoms with Gasteiger partial charge in [-0.25, -0.2) is 0 Å². The van der Waals surface area contributed by atoms with Crippen LogP contribution in [-0.2, 0) is 4.79 Å². The Bertz CT molecular complexity index is 1040. The van der Waals surface area contributed by atoms with Crippen LogP contribution in [-0.4, -0.2) is 57.3 Å². The van der Waals surface area contributed by atoms with Crippen LogP contribution in [0.1, 0.15) is 367 Å². The molecule has 0 aromatic rings. The predicted octanol–water partition coefficient (Wildman–Crippen LogP) is 19.6. The number of hydrogen-bond acceptors (Lipinski definition) is 5. The van der Waals surface area contributed by atoms with E-state index in [9.17, 15) is 25.2 Å². The average molecular weight is 1000 g/mol. The minimum absolute atomic E-state index is 0.369. The molecule has 424 valence electrons. The Balaban J connectivity index is 3.57. The summed E-state index contributed by atoms with van der Waals surface area (Å²) in [5, 5.41) is 44.1. The van der Waals surface area contributed by atoms with Gasteiger partial charge in [0, 0.05) is 0 Å². The fourth-order valence-electron chi connectivity index (χ4n) is 10.6. The summed E-state index contributed by atoms with van der Waals surface area (Å²) in [7, 11) is 0. The maximum absolute atomic E-state index is 12.6. The van der Waals surface area contributed by atoms with E-state index in [0.29, 0.717) is 12.8 Å². The van der Waals surface area contributed by atoms with Crippen molar-refractivity contribution in [3.05, 3.63) is 12.2 Å². The maximum atomic E-state index is 12.6. The zero-order chi connectivity index (χ0) is 51.6. The van der Waals surface area contributed by atoms with Gasteiger partial charge < -0.3 is 25.7 Å². The number of allylic oxidation sites excluding steroid dienone is 2. The summed E-state index contributed by atoms with van der Waals surface area (Å²) >= 11 is 0. The van der Waals surface area contributed by atoms with Gasteiger partial charge in [0.2, 0.25) is 5.91 Å². The zero-order valence-electron chi connectivity index (χ0n) is 48.3. The number of carbonyl (C=O) groups excluding carboxylic acids is 1. The van der Waals surface area contributed by atoms with E-state index >= 15 is 0 Å². The highest BCUT2D eigenvalue weighted by Gasteiger charge is 2.28. The molecule has 5 N–H and O–H groups in total. The monoisotopic (exact) mass is 1000 g/mol. The molecule has 0 spiro atoms. The normalized spacial score (nSPS) is 13.6. The first-order valence-corrected chi connectivity index (χ1v) is 32.6. The molecular weight excluding hydrogens is 875 g/mol. The summed E-state index contributed by atoms with van der Waals surface area (Å²) in [6, 6.07) is -1.000. The van der Waals surface area contributed by atoms with E-state index in [4.69, 9.17) is 0 Å². The Morgan fingerprint density at radius 1 is 0.338 bits per heavy atom. The molecule has 0 aliphatic carbocycles. The van der Waals surface area contributed by atoms with Crippen molar-refractivity contribution in [2.45, 2.75) is 391 Å². The van der Waals surface area contributed by atoms with Gasteiger partial charge in [0.25, 0.3) is 0 Å². The minimum atomic E-state index is -1.28. The standard InChI is InChI=1S/C65H129NO5/c1-3-5-7-9-11-13-15-17-19-21-23-25-27-29-30-31-32-33-35-36-38-40-42-44-46-48-50-52-54-56-58-62(68)64(70)61(60-67)66-65(71)63(69)59-57-55-53-51-49-47-45-43-41-39-37-34-28-26-24-22-20-18-16-14-12-10-8-6-4-2/h50,52,61-64,67-70H,3-49,51,53-60H2,1-2H3,(H,66,71)/b52-50+. The number of amides is 1. The zero-order valence-corrected chi connectivity index (χ0v) is 48.3. The van der Waals surface area contributed by atoms with Gasteiger partial charge in [-0.3, -0.25) is 4.79 Å². The Kier molecular flexibility index (Phi) is 59.1. The van der Waals surface area contributed by atoms with Gasteiger partial charge in [0.1, 0.15) is 12.2 Å². The van der Waals surface area contributed by atoms with Gasteiger partial charge in [-0.1, -0.05) is 341 Å². The lowest BCUT2D eigenvalue weighted by atomic mass is 10.00. The minimum Gasteiger partial charge on any atom is -0.394 e. The average Bonchev–Trinajstić information content (AvgIpc) is 3.38. The molecule has 4 atom stereocenters. The number of aliphatic hydroxyl groups excluding tert-OH is 4. The van der Waals surface area contributed by atoms with E-state index in [2.05, 4.69) is 31.3 Å². The summed E-state index contributed by atoms with van der Waals surface area (Å²) in [4.78, 5) is 12.6. The van der Waals surface area contributed by atoms with Crippen molar-refractivity contribution in [3.8, 4) is 0 Å². The van der Waals surface area contributed by atoms with Crippen molar-refractivity contribution in [2.75, 3.05) is 6.61 Å². The number of rotatable bonds is 61. The molecular formula is C65H129NO5. The number of carbonyl (C=O) groups is 1. The third-order valence-corrected chi connectivity index (χ3v) is 15.7. The molecule has 0 saturated carbocycles. The maximum Gasteiger partial charge on any atom is 0.249 e. The van der Waals surface area contributed by atoms with Gasteiger partial charge in [-0.2, -0.15) is 0 Å². The largest absolute Gasteiger partial charge is 0.394 e. The molecule has 0 fully saturated rings. The predicted molar refractivity (Wildman–Crippen MR) is 311 cm³/mol. The van der Waals surface area contributed by atoms with Crippen molar-refractivity contribution >= 4 is 5.91 Å². The SMILES string of the molecule is CCCCCCCCCCCCCCCCCCCCCCCCCCC/C=C/CCCC(O)C(O)C(CO)NC(=O)C(O)CCCCCCCCCCCCCCCCCCCCCCCCCCC. The first-order chi connectivity index (χ1) is 35.0. The van der Waals surface area contributed by atoms with Gasteiger partial charge in [0.15, 0.2) is 0 Å². The van der Waals surface area contributed by atoms with Crippen LogP contribution in [0.2, 0.25) is 0 Å². The van der Waals surface area contributed by atoms with Gasteiger partial charge in [-0.15, -0.1) is 0 Å². The van der Waals surface area contributed by atoms with E-state index in [0.717, 1.165) is 38.5 Å². The highest BCUT2D eigenvalue weighted by Crippen LogP contribution is 2.19. The Hall–Kier alpha value is -0.950. The second-order valence-corrected chi connectivity index (χ2v) is 22.8. The number of hydrogen-bond donors (Lipinski definition) is 5. The number of nitrogens with one attached hydrogen (secondary N) is 1. The van der Waals surface area contributed by atoms with Crippen molar-refractivity contribution < 1.29 is 25.2 Å². The number of aliphatic hydroxyl groups is 4. The molecule has 0 bridgehead atoms. The molecule has 6 nitrogen and oxygen atoms in total. The summed E-state index contributed by atoms with van der Waals surface area (Å²) < 4.78 is 0. The third-order valence-electron chi connectivity index (χ3n) is 15.7. The van der Waals surface area contributed by atoms with E-state index in [1.165, 1.54) is 302 Å². The fraction of sp³-hybridized carbons (Fsp3) is 0.954. The molecule has 1 amide bonds. The second kappa shape index (κ2) is 59.9. The van der Waals surface area contributed by atoms with Crippen LogP contribution < -0.4 is 5.32 Å². The van der Waals surface area contributed by atoms with Gasteiger partial charge in [0.05, 0.1) is 18.8 Å². The van der Waals surface area contributed by atoms with Gasteiger partial charge >= 0.3 is 0 Å². The van der Waals surface area contributed by atoms with Gasteiger partial charge in [-0.05, 0) is 38.5 Å². The first kappa shape index (κ1) is 70.1. The highest BCUT2D eigenvalue weighted by atomic mass is 16.3. The molecule has 0 aromatic carbocycles. The summed E-state index contributed by atoms with van der Waals surface area (Å²) in [6.45, 7) is 4.10. The lowest BCUT2D eigenvalue weighted by Crippen LogP contribution is -2.53. The van der Waals surface area contributed by atoms with E-state index in [-0.39, 0.29) is 0 Å². The topological polar surface area (TPSA) is 110 Å². The van der Waals surface area contributed by atoms with Crippen LogP contribution in [0.3, 0.4) is 0 Å². The summed E-state index contributed by atoms with van der Waals surface area (Å²) in [5.41, 5.74) is 0. The van der Waals surface area contributed by atoms with Crippen LogP contribution in [0.25, 0.3) is 0 Å². The lowest BCUT2D eigenvalue weighted by molar-refractivity contribution is -0.132. The molecule has 0 rings (SSSR count). The summed E-state index contributed by atoms with van der Waals surface area (Å²) in [5.74, 6) is -0.585. The van der Waals surface area contributed by atoms with Crippen molar-refractivity contribution in [3.63, 3.8) is 0 Å². The Morgan fingerprint density at radius 3 is 0.845 bits per heavy atom. The molecule has 0 heterocycles. The van der Waals surface area contributed by atoms with Crippen molar-refractivity contribution in [2.24, 2.45) is 0 Å². The highest BCUT2D eigenvalue weighted by molar-refractivity contribution is 5.80. The number of unbranched alkanes of at least 4 members (excludes halogenated alkanes) is 50. The van der Waals surface area contributed by atoms with Crippen LogP contribution in [0.5, 0.6) is 0 Å². The van der Waals surface area contributed by atoms with Crippen LogP contribution in [0, 0.1) is 0 Å². The van der Waals surface area contributed by atoms with Crippen LogP contribution in [0.4, 0.5) is 0 Å². The lowest BCUT2D eigenvalue weighted by Gasteiger charge is -2.27. The molecule has 0 aliphatic rings. The van der Waals surface area contributed by atoms with Crippen LogP contribution in [0.15, 0.2) is 12.2 Å². The Morgan fingerprint density at radius 2 is 0.577 bits per heavy atom. The van der Waals surface area contributed by atoms with E-state index in [1.54, 1.807) is 0 Å². The van der Waals surface area contributed by atoms with E-state index < -0.39 is 36.9 Å². The molecule has 0 radical (unpaired) electrons. The van der Waals surface area contributed by atoms with E-state index in [1.807, 2.05) is 0 Å². The smallest absolute Gasteiger partial charge is 0.249 e. The van der Waals surface area contributed by atoms with Crippen molar-refractivity contribution in [1.29, 1.82) is 0 Å².